The van der Waals surface area contributed by atoms with Crippen LogP contribution in [0, 0.1) is 0 Å². The molecule has 0 aliphatic heterocycles. The van der Waals surface area contributed by atoms with E-state index >= 15 is 0 Å². The second-order valence-corrected chi connectivity index (χ2v) is 13.6. The summed E-state index contributed by atoms with van der Waals surface area (Å²) in [6.07, 6.45) is 0. The molecule has 0 spiro atoms. The zero-order valence-corrected chi connectivity index (χ0v) is 27.3. The fourth-order valence-electron chi connectivity index (χ4n) is 8.14. The predicted octanol–water partition coefficient (Wildman–Crippen LogP) is 11.8. The fourth-order valence-corrected chi connectivity index (χ4v) is 8.14. The molecule has 3 nitrogen and oxygen atoms in total. The third-order valence-corrected chi connectivity index (χ3v) is 10.5. The van der Waals surface area contributed by atoms with E-state index in [0.717, 1.165) is 22.1 Å². The molecule has 9 aromatic rings. The average Bonchev–Trinajstić information content (AvgIpc) is 3.40. The van der Waals surface area contributed by atoms with E-state index in [1.807, 2.05) is 18.2 Å². The molecule has 0 amide bonds. The van der Waals surface area contributed by atoms with Crippen molar-refractivity contribution < 1.29 is 0 Å². The molecule has 3 heteroatoms. The van der Waals surface area contributed by atoms with E-state index in [1.54, 1.807) is 0 Å². The lowest BCUT2D eigenvalue weighted by molar-refractivity contribution is 0.660. The van der Waals surface area contributed by atoms with Gasteiger partial charge in [-0.05, 0) is 77.5 Å². The van der Waals surface area contributed by atoms with E-state index in [9.17, 15) is 0 Å². The molecule has 0 saturated heterocycles. The van der Waals surface area contributed by atoms with Crippen LogP contribution in [0.25, 0.3) is 88.4 Å². The van der Waals surface area contributed by atoms with Gasteiger partial charge in [0.15, 0.2) is 17.5 Å². The van der Waals surface area contributed by atoms with Crippen LogP contribution in [0.1, 0.15) is 25.0 Å². The quantitative estimate of drug-likeness (QED) is 0.183. The van der Waals surface area contributed by atoms with Crippen LogP contribution in [0.2, 0.25) is 0 Å². The molecule has 10 rings (SSSR count). The molecular weight excluding hydrogens is 595 g/mol. The van der Waals surface area contributed by atoms with E-state index < -0.39 is 0 Å². The summed E-state index contributed by atoms with van der Waals surface area (Å²) in [6, 6.07) is 54.2. The summed E-state index contributed by atoms with van der Waals surface area (Å²) in [5.74, 6) is 2.00. The maximum absolute atomic E-state index is 5.30. The van der Waals surface area contributed by atoms with Gasteiger partial charge in [0.25, 0.3) is 0 Å². The molecule has 8 aromatic carbocycles. The van der Waals surface area contributed by atoms with Crippen molar-refractivity contribution in [1.82, 2.24) is 15.0 Å². The molecule has 49 heavy (non-hydrogen) atoms. The second-order valence-electron chi connectivity index (χ2n) is 13.6. The summed E-state index contributed by atoms with van der Waals surface area (Å²) in [4.78, 5) is 15.6. The van der Waals surface area contributed by atoms with Crippen molar-refractivity contribution in [1.29, 1.82) is 0 Å². The molecule has 0 unspecified atom stereocenters. The Kier molecular flexibility index (Phi) is 5.92. The number of rotatable bonds is 3. The Morgan fingerprint density at radius 2 is 0.857 bits per heavy atom. The van der Waals surface area contributed by atoms with Gasteiger partial charge in [-0.15, -0.1) is 0 Å². The molecule has 0 N–H and O–H groups in total. The molecule has 0 radical (unpaired) electrons. The Bertz CT molecular complexity index is 2800. The Hall–Kier alpha value is -6.19. The zero-order chi connectivity index (χ0) is 32.7. The number of hydrogen-bond acceptors (Lipinski definition) is 3. The van der Waals surface area contributed by atoms with Gasteiger partial charge < -0.3 is 0 Å². The monoisotopic (exact) mass is 625 g/mol. The van der Waals surface area contributed by atoms with Gasteiger partial charge in [-0.25, -0.2) is 15.0 Å². The van der Waals surface area contributed by atoms with Crippen LogP contribution in [-0.4, -0.2) is 15.0 Å². The lowest BCUT2D eigenvalue weighted by atomic mass is 9.82. The fraction of sp³-hybridized carbons (Fsp3) is 0.0652. The van der Waals surface area contributed by atoms with Gasteiger partial charge in [0, 0.05) is 22.1 Å². The third-order valence-electron chi connectivity index (χ3n) is 10.5. The van der Waals surface area contributed by atoms with Crippen LogP contribution in [0.4, 0.5) is 0 Å². The number of benzene rings is 8. The van der Waals surface area contributed by atoms with Crippen LogP contribution < -0.4 is 0 Å². The largest absolute Gasteiger partial charge is 0.208 e. The first-order valence-corrected chi connectivity index (χ1v) is 16.9. The van der Waals surface area contributed by atoms with Gasteiger partial charge >= 0.3 is 0 Å². The number of nitrogens with zero attached hydrogens (tertiary/aromatic N) is 3. The highest BCUT2D eigenvalue weighted by atomic mass is 15.0. The number of fused-ring (bicyclic) bond motifs is 11. The summed E-state index contributed by atoms with van der Waals surface area (Å²) in [5.41, 5.74) is 8.05. The molecule has 1 aliphatic rings. The summed E-state index contributed by atoms with van der Waals surface area (Å²) in [7, 11) is 0. The van der Waals surface area contributed by atoms with Crippen LogP contribution in [0.3, 0.4) is 0 Å². The van der Waals surface area contributed by atoms with E-state index in [0.29, 0.717) is 17.5 Å². The third kappa shape index (κ3) is 4.12. The highest BCUT2D eigenvalue weighted by Crippen LogP contribution is 2.49. The van der Waals surface area contributed by atoms with Crippen LogP contribution in [0.15, 0.2) is 152 Å². The SMILES string of the molecule is CC1(C)c2ccccc2-c2ccc(-c3nc(-c4ccccc4)nc(-c4cc5c6ccccc6c6ccccc6c5c5ccccc45)n3)cc21. The van der Waals surface area contributed by atoms with Gasteiger partial charge in [0.05, 0.1) is 0 Å². The van der Waals surface area contributed by atoms with Crippen molar-refractivity contribution >= 4 is 43.1 Å². The Morgan fingerprint density at radius 1 is 0.347 bits per heavy atom. The lowest BCUT2D eigenvalue weighted by Crippen LogP contribution is -2.15. The first-order chi connectivity index (χ1) is 24.1. The van der Waals surface area contributed by atoms with E-state index in [-0.39, 0.29) is 5.41 Å². The minimum Gasteiger partial charge on any atom is -0.208 e. The second kappa shape index (κ2) is 10.4. The Balaban J connectivity index is 1.27. The Labute approximate surface area is 284 Å². The average molecular weight is 626 g/mol. The van der Waals surface area contributed by atoms with Gasteiger partial charge in [-0.3, -0.25) is 0 Å². The van der Waals surface area contributed by atoms with Crippen LogP contribution in [-0.2, 0) is 5.41 Å². The zero-order valence-electron chi connectivity index (χ0n) is 27.3. The van der Waals surface area contributed by atoms with Crippen molar-refractivity contribution in [2.75, 3.05) is 0 Å². The van der Waals surface area contributed by atoms with Gasteiger partial charge in [-0.2, -0.15) is 0 Å². The smallest absolute Gasteiger partial charge is 0.164 e. The molecule has 0 fully saturated rings. The summed E-state index contributed by atoms with van der Waals surface area (Å²) < 4.78 is 0. The highest BCUT2D eigenvalue weighted by Gasteiger charge is 2.35. The first-order valence-electron chi connectivity index (χ1n) is 16.9. The van der Waals surface area contributed by atoms with Gasteiger partial charge in [-0.1, -0.05) is 153 Å². The summed E-state index contributed by atoms with van der Waals surface area (Å²) >= 11 is 0. The number of hydrogen-bond donors (Lipinski definition) is 0. The van der Waals surface area contributed by atoms with E-state index in [4.69, 9.17) is 15.0 Å². The van der Waals surface area contributed by atoms with Crippen LogP contribution in [0.5, 0.6) is 0 Å². The van der Waals surface area contributed by atoms with E-state index in [1.165, 1.54) is 60.0 Å². The van der Waals surface area contributed by atoms with Crippen molar-refractivity contribution in [3.8, 4) is 45.3 Å². The topological polar surface area (TPSA) is 38.7 Å². The lowest BCUT2D eigenvalue weighted by Gasteiger charge is -2.21. The maximum Gasteiger partial charge on any atom is 0.164 e. The molecule has 0 atom stereocenters. The normalized spacial score (nSPS) is 13.3. The van der Waals surface area contributed by atoms with Crippen molar-refractivity contribution in [2.24, 2.45) is 0 Å². The minimum atomic E-state index is -0.127. The van der Waals surface area contributed by atoms with Crippen molar-refractivity contribution in [3.63, 3.8) is 0 Å². The van der Waals surface area contributed by atoms with E-state index in [2.05, 4.69) is 147 Å². The minimum absolute atomic E-state index is 0.127. The van der Waals surface area contributed by atoms with Crippen molar-refractivity contribution in [2.45, 2.75) is 19.3 Å². The molecule has 1 aliphatic carbocycles. The maximum atomic E-state index is 5.30. The van der Waals surface area contributed by atoms with Gasteiger partial charge in [0.2, 0.25) is 0 Å². The molecule has 230 valence electrons. The van der Waals surface area contributed by atoms with Crippen molar-refractivity contribution in [3.05, 3.63) is 163 Å². The predicted molar refractivity (Wildman–Crippen MR) is 204 cm³/mol. The molecular formula is C46H31N3. The van der Waals surface area contributed by atoms with Crippen LogP contribution >= 0.6 is 0 Å². The summed E-state index contributed by atoms with van der Waals surface area (Å²) in [6.45, 7) is 4.62. The number of aromatic nitrogens is 3. The molecule has 0 bridgehead atoms. The molecule has 0 saturated carbocycles. The highest BCUT2D eigenvalue weighted by molar-refractivity contribution is 6.32. The standard InChI is InChI=1S/C46H31N3/c1-46(2)40-23-13-12-20-34(40)35-25-24-29(26-41(35)46)44-47-43(28-14-4-3-5-15-28)48-45(49-44)39-27-38-32-18-7-6-16-30(32)31-17-8-10-21-36(31)42(38)37-22-11-9-19-33(37)39/h3-27H,1-2H3. The molecule has 1 aromatic heterocycles. The Morgan fingerprint density at radius 3 is 1.59 bits per heavy atom. The first kappa shape index (κ1) is 27.9. The molecule has 1 heterocycles. The van der Waals surface area contributed by atoms with Gasteiger partial charge in [0.1, 0.15) is 0 Å². The summed E-state index contributed by atoms with van der Waals surface area (Å²) in [5, 5.41) is 9.75.